The van der Waals surface area contributed by atoms with Crippen molar-refractivity contribution in [3.05, 3.63) is 34.7 Å². The lowest BCUT2D eigenvalue weighted by Gasteiger charge is -2.35. The van der Waals surface area contributed by atoms with E-state index in [9.17, 15) is 4.79 Å². The number of rotatable bonds is 5. The molecule has 0 aromatic heterocycles. The van der Waals surface area contributed by atoms with Crippen molar-refractivity contribution in [2.24, 2.45) is 5.11 Å². The molecular weight excluding hydrogens is 322 g/mol. The summed E-state index contributed by atoms with van der Waals surface area (Å²) in [6.07, 6.45) is -0.247. The van der Waals surface area contributed by atoms with Crippen molar-refractivity contribution in [1.82, 2.24) is 9.80 Å². The Bertz CT molecular complexity index is 612. The van der Waals surface area contributed by atoms with Crippen molar-refractivity contribution in [2.45, 2.75) is 26.4 Å². The van der Waals surface area contributed by atoms with Gasteiger partial charge in [0, 0.05) is 43.3 Å². The summed E-state index contributed by atoms with van der Waals surface area (Å²) in [5, 5.41) is 3.52. The molecule has 0 atom stereocenters. The minimum absolute atomic E-state index is 0.247. The van der Waals surface area contributed by atoms with Crippen LogP contribution >= 0.6 is 0 Å². The van der Waals surface area contributed by atoms with Crippen LogP contribution in [0.4, 0.5) is 10.5 Å². The number of hydrogen-bond acceptors (Lipinski definition) is 5. The third-order valence-corrected chi connectivity index (χ3v) is 3.70. The van der Waals surface area contributed by atoms with Crippen molar-refractivity contribution < 1.29 is 14.3 Å². The maximum atomic E-state index is 12.0. The van der Waals surface area contributed by atoms with Gasteiger partial charge in [0.2, 0.25) is 0 Å². The van der Waals surface area contributed by atoms with Gasteiger partial charge >= 0.3 is 6.09 Å². The SMILES string of the molecule is CC(C)(C)OC(=O)N1CCN(CCOc2ccc(N=[N+]=[N-])cc2)CC1. The average Bonchev–Trinajstić information content (AvgIpc) is 2.56. The molecule has 1 aliphatic heterocycles. The van der Waals surface area contributed by atoms with Gasteiger partial charge in [-0.3, -0.25) is 4.90 Å². The second-order valence-corrected chi connectivity index (χ2v) is 6.84. The lowest BCUT2D eigenvalue weighted by molar-refractivity contribution is 0.0137. The van der Waals surface area contributed by atoms with Crippen molar-refractivity contribution in [3.8, 4) is 5.75 Å². The molecule has 136 valence electrons. The first kappa shape index (κ1) is 18.9. The van der Waals surface area contributed by atoms with Crippen LogP contribution < -0.4 is 4.74 Å². The highest BCUT2D eigenvalue weighted by molar-refractivity contribution is 5.68. The highest BCUT2D eigenvalue weighted by Crippen LogP contribution is 2.18. The van der Waals surface area contributed by atoms with Crippen LogP contribution in [0.5, 0.6) is 5.75 Å². The molecule has 0 N–H and O–H groups in total. The Hall–Kier alpha value is -2.44. The van der Waals surface area contributed by atoms with E-state index in [1.807, 2.05) is 20.8 Å². The number of carbonyl (C=O) groups is 1. The number of azide groups is 1. The summed E-state index contributed by atoms with van der Waals surface area (Å²) in [6, 6.07) is 7.00. The van der Waals surface area contributed by atoms with Crippen molar-refractivity contribution in [1.29, 1.82) is 0 Å². The second-order valence-electron chi connectivity index (χ2n) is 6.84. The van der Waals surface area contributed by atoms with Gasteiger partial charge in [-0.15, -0.1) is 0 Å². The van der Waals surface area contributed by atoms with Gasteiger partial charge in [-0.25, -0.2) is 4.79 Å². The molecule has 0 spiro atoms. The van der Waals surface area contributed by atoms with Crippen LogP contribution in [-0.4, -0.2) is 60.8 Å². The average molecular weight is 347 g/mol. The topological polar surface area (TPSA) is 90.8 Å². The summed E-state index contributed by atoms with van der Waals surface area (Å²) in [5.41, 5.74) is 8.47. The van der Waals surface area contributed by atoms with Crippen LogP contribution in [0.3, 0.4) is 0 Å². The first-order valence-corrected chi connectivity index (χ1v) is 8.35. The Balaban J connectivity index is 1.68. The van der Waals surface area contributed by atoms with Crippen LogP contribution in [0.1, 0.15) is 20.8 Å². The van der Waals surface area contributed by atoms with Crippen LogP contribution in [0.25, 0.3) is 10.4 Å². The normalized spacial score (nSPS) is 15.4. The lowest BCUT2D eigenvalue weighted by atomic mass is 10.2. The van der Waals surface area contributed by atoms with E-state index < -0.39 is 5.60 Å². The van der Waals surface area contributed by atoms with Crippen molar-refractivity contribution >= 4 is 11.8 Å². The number of benzene rings is 1. The Morgan fingerprint density at radius 1 is 1.20 bits per heavy atom. The standard InChI is InChI=1S/C17H25N5O3/c1-17(2,3)25-16(23)22-10-8-21(9-11-22)12-13-24-15-6-4-14(5-7-15)19-20-18/h4-7H,8-13H2,1-3H3. The summed E-state index contributed by atoms with van der Waals surface area (Å²) >= 11 is 0. The van der Waals surface area contributed by atoms with Crippen molar-refractivity contribution in [3.63, 3.8) is 0 Å². The van der Waals surface area contributed by atoms with E-state index >= 15 is 0 Å². The molecule has 1 aromatic rings. The molecule has 1 amide bonds. The van der Waals surface area contributed by atoms with Crippen LogP contribution in [0, 0.1) is 0 Å². The third-order valence-electron chi connectivity index (χ3n) is 3.70. The molecule has 0 radical (unpaired) electrons. The Morgan fingerprint density at radius 3 is 2.40 bits per heavy atom. The molecule has 0 unspecified atom stereocenters. The molecule has 2 rings (SSSR count). The van der Waals surface area contributed by atoms with E-state index in [2.05, 4.69) is 14.9 Å². The van der Waals surface area contributed by atoms with Gasteiger partial charge < -0.3 is 14.4 Å². The highest BCUT2D eigenvalue weighted by atomic mass is 16.6. The monoisotopic (exact) mass is 347 g/mol. The zero-order valence-corrected chi connectivity index (χ0v) is 15.0. The Labute approximate surface area is 147 Å². The van der Waals surface area contributed by atoms with Gasteiger partial charge in [0.15, 0.2) is 0 Å². The van der Waals surface area contributed by atoms with Crippen LogP contribution in [-0.2, 0) is 4.74 Å². The molecule has 0 bridgehead atoms. The Morgan fingerprint density at radius 2 is 1.84 bits per heavy atom. The molecule has 1 saturated heterocycles. The molecular formula is C17H25N5O3. The van der Waals surface area contributed by atoms with Gasteiger partial charge in [0.25, 0.3) is 0 Å². The molecule has 1 aliphatic rings. The van der Waals surface area contributed by atoms with E-state index in [0.29, 0.717) is 25.4 Å². The van der Waals surface area contributed by atoms with Gasteiger partial charge in [-0.1, -0.05) is 5.11 Å². The zero-order valence-electron chi connectivity index (χ0n) is 15.0. The number of carbonyl (C=O) groups excluding carboxylic acids is 1. The number of piperazine rings is 1. The van der Waals surface area contributed by atoms with E-state index in [1.165, 1.54) is 0 Å². The smallest absolute Gasteiger partial charge is 0.410 e. The van der Waals surface area contributed by atoms with Crippen molar-refractivity contribution in [2.75, 3.05) is 39.3 Å². The predicted molar refractivity (Wildman–Crippen MR) is 95.0 cm³/mol. The minimum Gasteiger partial charge on any atom is -0.492 e. The summed E-state index contributed by atoms with van der Waals surface area (Å²) in [5.74, 6) is 0.740. The fraction of sp³-hybridized carbons (Fsp3) is 0.588. The van der Waals surface area contributed by atoms with E-state index in [0.717, 1.165) is 25.4 Å². The minimum atomic E-state index is -0.462. The number of nitrogens with zero attached hydrogens (tertiary/aromatic N) is 5. The molecule has 1 heterocycles. The first-order valence-electron chi connectivity index (χ1n) is 8.35. The zero-order chi connectivity index (χ0) is 18.3. The fourth-order valence-electron chi connectivity index (χ4n) is 2.43. The summed E-state index contributed by atoms with van der Waals surface area (Å²) in [4.78, 5) is 18.8. The van der Waals surface area contributed by atoms with Gasteiger partial charge in [-0.2, -0.15) is 0 Å². The maximum Gasteiger partial charge on any atom is 0.410 e. The molecule has 0 aliphatic carbocycles. The number of ether oxygens (including phenoxy) is 2. The van der Waals surface area contributed by atoms with E-state index in [4.69, 9.17) is 15.0 Å². The molecule has 8 heteroatoms. The molecule has 1 aromatic carbocycles. The van der Waals surface area contributed by atoms with E-state index in [-0.39, 0.29) is 6.09 Å². The molecule has 25 heavy (non-hydrogen) atoms. The number of hydrogen-bond donors (Lipinski definition) is 0. The van der Waals surface area contributed by atoms with Gasteiger partial charge in [0.05, 0.1) is 0 Å². The van der Waals surface area contributed by atoms with E-state index in [1.54, 1.807) is 29.2 Å². The van der Waals surface area contributed by atoms with Crippen LogP contribution in [0.2, 0.25) is 0 Å². The predicted octanol–water partition coefficient (Wildman–Crippen LogP) is 3.56. The third kappa shape index (κ3) is 6.52. The fourth-order valence-corrected chi connectivity index (χ4v) is 2.43. The quantitative estimate of drug-likeness (QED) is 0.462. The van der Waals surface area contributed by atoms with Gasteiger partial charge in [-0.05, 0) is 50.6 Å². The van der Waals surface area contributed by atoms with Gasteiger partial charge in [0.1, 0.15) is 18.0 Å². The summed E-state index contributed by atoms with van der Waals surface area (Å²) in [6.45, 7) is 9.91. The largest absolute Gasteiger partial charge is 0.492 e. The van der Waals surface area contributed by atoms with Crippen LogP contribution in [0.15, 0.2) is 29.4 Å². The lowest BCUT2D eigenvalue weighted by Crippen LogP contribution is -2.50. The summed E-state index contributed by atoms with van der Waals surface area (Å²) < 4.78 is 11.1. The summed E-state index contributed by atoms with van der Waals surface area (Å²) in [7, 11) is 0. The molecule has 1 fully saturated rings. The maximum absolute atomic E-state index is 12.0. The second kappa shape index (κ2) is 8.60. The molecule has 8 nitrogen and oxygen atoms in total. The Kier molecular flexibility index (Phi) is 6.50. The number of amides is 1. The molecule has 0 saturated carbocycles. The first-order chi connectivity index (χ1) is 11.9. The highest BCUT2D eigenvalue weighted by Gasteiger charge is 2.25.